The lowest BCUT2D eigenvalue weighted by Gasteiger charge is -2.29. The van der Waals surface area contributed by atoms with Gasteiger partial charge in [0, 0.05) is 27.7 Å². The van der Waals surface area contributed by atoms with Gasteiger partial charge in [0.2, 0.25) is 0 Å². The predicted octanol–water partition coefficient (Wildman–Crippen LogP) is 7.01. The molecule has 2 aromatic heterocycles. The predicted molar refractivity (Wildman–Crippen MR) is 130 cm³/mol. The number of benzene rings is 1. The third-order valence-corrected chi connectivity index (χ3v) is 7.31. The zero-order valence-corrected chi connectivity index (χ0v) is 19.3. The summed E-state index contributed by atoms with van der Waals surface area (Å²) in [5, 5.41) is 1.31. The first-order chi connectivity index (χ1) is 14.4. The molecule has 0 N–H and O–H groups in total. The summed E-state index contributed by atoms with van der Waals surface area (Å²) in [7, 11) is 0. The van der Waals surface area contributed by atoms with Gasteiger partial charge in [0.05, 0.1) is 5.52 Å². The molecule has 2 nitrogen and oxygen atoms in total. The fourth-order valence-corrected chi connectivity index (χ4v) is 5.47. The zero-order valence-electron chi connectivity index (χ0n) is 17.7. The second kappa shape index (κ2) is 7.39. The van der Waals surface area contributed by atoms with Crippen LogP contribution in [0.4, 0.5) is 0 Å². The number of nitrogens with zero attached hydrogens (tertiary/aromatic N) is 2. The van der Waals surface area contributed by atoms with E-state index in [0.29, 0.717) is 16.7 Å². The smallest absolute Gasteiger partial charge is 0.137 e. The molecule has 2 aliphatic carbocycles. The maximum Gasteiger partial charge on any atom is 0.137 e. The van der Waals surface area contributed by atoms with E-state index < -0.39 is 0 Å². The quantitative estimate of drug-likeness (QED) is 0.377. The molecule has 5 rings (SSSR count). The summed E-state index contributed by atoms with van der Waals surface area (Å²) in [6, 6.07) is 13.1. The Morgan fingerprint density at radius 1 is 1.03 bits per heavy atom. The van der Waals surface area contributed by atoms with E-state index in [4.69, 9.17) is 4.98 Å². The van der Waals surface area contributed by atoms with Crippen molar-refractivity contribution in [1.82, 2.24) is 9.55 Å². The van der Waals surface area contributed by atoms with E-state index in [-0.39, 0.29) is 5.41 Å². The summed E-state index contributed by atoms with van der Waals surface area (Å²) in [5.41, 5.74) is 5.34. The Morgan fingerprint density at radius 3 is 2.63 bits per heavy atom. The van der Waals surface area contributed by atoms with Gasteiger partial charge in [0.1, 0.15) is 5.82 Å². The Morgan fingerprint density at radius 2 is 1.83 bits per heavy atom. The van der Waals surface area contributed by atoms with E-state index in [1.165, 1.54) is 27.7 Å². The number of halogens is 1. The lowest BCUT2D eigenvalue weighted by molar-refractivity contribution is 0.476. The van der Waals surface area contributed by atoms with Gasteiger partial charge in [-0.3, -0.25) is 4.57 Å². The number of allylic oxidation sites excluding steroid dienone is 5. The third-order valence-electron chi connectivity index (χ3n) is 6.40. The van der Waals surface area contributed by atoms with E-state index in [2.05, 4.69) is 114 Å². The average molecular weight is 459 g/mol. The van der Waals surface area contributed by atoms with Crippen LogP contribution >= 0.6 is 15.9 Å². The molecule has 152 valence electrons. The molecule has 3 aromatic rings. The van der Waals surface area contributed by atoms with Crippen LogP contribution in [0.1, 0.15) is 37.6 Å². The number of aromatic nitrogens is 2. The molecule has 0 saturated heterocycles. The van der Waals surface area contributed by atoms with Crippen LogP contribution in [0.3, 0.4) is 0 Å². The molecule has 0 bridgehead atoms. The monoisotopic (exact) mass is 458 g/mol. The van der Waals surface area contributed by atoms with Gasteiger partial charge in [-0.1, -0.05) is 91.4 Å². The number of rotatable bonds is 2. The minimum Gasteiger partial charge on any atom is -0.298 e. The maximum atomic E-state index is 4.81. The van der Waals surface area contributed by atoms with Crippen LogP contribution in [-0.4, -0.2) is 14.4 Å². The van der Waals surface area contributed by atoms with Crippen LogP contribution in [0.25, 0.3) is 22.8 Å². The molecule has 0 radical (unpaired) electrons. The first-order valence-electron chi connectivity index (χ1n) is 10.7. The Bertz CT molecular complexity index is 1190. The first kappa shape index (κ1) is 19.6. The van der Waals surface area contributed by atoms with Gasteiger partial charge < -0.3 is 0 Å². The van der Waals surface area contributed by atoms with E-state index in [0.717, 1.165) is 12.2 Å². The second-order valence-corrected chi connectivity index (χ2v) is 10.4. The van der Waals surface area contributed by atoms with Crippen LogP contribution in [0.15, 0.2) is 73.0 Å². The highest BCUT2D eigenvalue weighted by molar-refractivity contribution is 9.09. The van der Waals surface area contributed by atoms with Crippen molar-refractivity contribution >= 4 is 32.9 Å². The van der Waals surface area contributed by atoms with Crippen molar-refractivity contribution in [3.8, 4) is 5.82 Å². The fraction of sp³-hybridized carbons (Fsp3) is 0.296. The molecule has 30 heavy (non-hydrogen) atoms. The molecule has 1 aromatic carbocycles. The highest BCUT2D eigenvalue weighted by Crippen LogP contribution is 2.39. The van der Waals surface area contributed by atoms with Gasteiger partial charge in [0.25, 0.3) is 0 Å². The molecule has 0 aliphatic heterocycles. The van der Waals surface area contributed by atoms with Crippen LogP contribution in [-0.2, 0) is 11.8 Å². The van der Waals surface area contributed by atoms with Crippen molar-refractivity contribution in [2.24, 2.45) is 11.8 Å². The summed E-state index contributed by atoms with van der Waals surface area (Å²) in [4.78, 5) is 5.18. The van der Waals surface area contributed by atoms with Gasteiger partial charge in [-0.25, -0.2) is 4.98 Å². The Labute approximate surface area is 187 Å². The molecule has 0 saturated carbocycles. The van der Waals surface area contributed by atoms with Crippen LogP contribution in [0.2, 0.25) is 0 Å². The number of hydrogen-bond acceptors (Lipinski definition) is 1. The summed E-state index contributed by atoms with van der Waals surface area (Å²) in [6.45, 7) is 6.77. The van der Waals surface area contributed by atoms with E-state index >= 15 is 0 Å². The largest absolute Gasteiger partial charge is 0.298 e. The topological polar surface area (TPSA) is 17.8 Å². The summed E-state index contributed by atoms with van der Waals surface area (Å²) < 4.78 is 2.39. The van der Waals surface area contributed by atoms with Gasteiger partial charge >= 0.3 is 0 Å². The van der Waals surface area contributed by atoms with Gasteiger partial charge in [-0.05, 0) is 47.4 Å². The standard InChI is InChI=1S/C27H27BrN2/c1-27(2,3)19-14-15-29-26(17-19)30-24-11-7-5-9-21(24)22-13-12-18(16-25(22)30)20-8-4-6-10-23(20)28/h4-15,17-18,20,23H,16H2,1-3H3. The lowest BCUT2D eigenvalue weighted by atomic mass is 9.80. The summed E-state index contributed by atoms with van der Waals surface area (Å²) in [5.74, 6) is 1.93. The Hall–Kier alpha value is -2.39. The van der Waals surface area contributed by atoms with Gasteiger partial charge in [-0.2, -0.15) is 0 Å². The minimum absolute atomic E-state index is 0.0888. The SMILES string of the molecule is CC(C)(C)c1ccnc(-n2c3c(c4ccccc42)C=CC(C2C=CC=CC2Br)C3)c1. The number of pyridine rings is 1. The first-order valence-corrected chi connectivity index (χ1v) is 11.6. The molecule has 0 fully saturated rings. The molecular weight excluding hydrogens is 432 g/mol. The third kappa shape index (κ3) is 3.30. The van der Waals surface area contributed by atoms with Gasteiger partial charge in [0.15, 0.2) is 0 Å². The van der Waals surface area contributed by atoms with E-state index in [9.17, 15) is 0 Å². The fourth-order valence-electron chi connectivity index (χ4n) is 4.73. The van der Waals surface area contributed by atoms with E-state index in [1.807, 2.05) is 6.20 Å². The lowest BCUT2D eigenvalue weighted by Crippen LogP contribution is -2.25. The second-order valence-electron chi connectivity index (χ2n) is 9.38. The molecule has 2 heterocycles. The highest BCUT2D eigenvalue weighted by atomic mass is 79.9. The molecule has 3 unspecified atom stereocenters. The normalized spacial score (nSPS) is 23.1. The minimum atomic E-state index is 0.0888. The van der Waals surface area contributed by atoms with Crippen molar-refractivity contribution in [1.29, 1.82) is 0 Å². The van der Waals surface area contributed by atoms with Crippen molar-refractivity contribution < 1.29 is 0 Å². The van der Waals surface area contributed by atoms with Crippen LogP contribution < -0.4 is 0 Å². The van der Waals surface area contributed by atoms with Gasteiger partial charge in [-0.15, -0.1) is 0 Å². The molecule has 3 heteroatoms. The molecule has 2 aliphatic rings. The van der Waals surface area contributed by atoms with Crippen molar-refractivity contribution in [3.63, 3.8) is 0 Å². The van der Waals surface area contributed by atoms with Crippen LogP contribution in [0, 0.1) is 11.8 Å². The van der Waals surface area contributed by atoms with Crippen molar-refractivity contribution in [3.05, 3.63) is 89.8 Å². The average Bonchev–Trinajstić information content (AvgIpc) is 3.07. The Balaban J connectivity index is 1.66. The van der Waals surface area contributed by atoms with E-state index in [1.54, 1.807) is 0 Å². The highest BCUT2D eigenvalue weighted by Gasteiger charge is 2.30. The molecule has 3 atom stereocenters. The summed E-state index contributed by atoms with van der Waals surface area (Å²) >= 11 is 3.87. The maximum absolute atomic E-state index is 4.81. The molecular formula is C27H27BrN2. The van der Waals surface area contributed by atoms with Crippen LogP contribution in [0.5, 0.6) is 0 Å². The molecule has 0 amide bonds. The number of para-hydroxylation sites is 1. The number of fused-ring (bicyclic) bond motifs is 3. The van der Waals surface area contributed by atoms with Crippen molar-refractivity contribution in [2.45, 2.75) is 37.4 Å². The Kier molecular flexibility index (Phi) is 4.82. The number of hydrogen-bond donors (Lipinski definition) is 0. The summed E-state index contributed by atoms with van der Waals surface area (Å²) in [6.07, 6.45) is 16.6. The molecule has 0 spiro atoms. The number of alkyl halides is 1. The zero-order chi connectivity index (χ0) is 20.9. The van der Waals surface area contributed by atoms with Crippen molar-refractivity contribution in [2.75, 3.05) is 0 Å².